The topological polar surface area (TPSA) is 63.6 Å². The van der Waals surface area contributed by atoms with Crippen molar-refractivity contribution in [1.82, 2.24) is 10.4 Å². The zero-order valence-electron chi connectivity index (χ0n) is 12.3. The second-order valence-electron chi connectivity index (χ2n) is 4.85. The number of aromatic nitrogens is 1. The number of carbonyl (C=O) groups excluding carboxylic acids is 1. The Balaban J connectivity index is 1.57. The molecule has 5 heteroatoms. The molecule has 2 aromatic carbocycles. The van der Waals surface area contributed by atoms with Crippen molar-refractivity contribution in [3.8, 4) is 5.75 Å². The first-order valence-electron chi connectivity index (χ1n) is 7.15. The van der Waals surface area contributed by atoms with Crippen LogP contribution < -0.4 is 10.2 Å². The summed E-state index contributed by atoms with van der Waals surface area (Å²) in [5.74, 6) is 0.354. The van der Waals surface area contributed by atoms with Crippen LogP contribution in [0, 0.1) is 0 Å². The Bertz CT molecular complexity index is 827. The third kappa shape index (κ3) is 3.91. The number of benzene rings is 2. The molecule has 0 spiro atoms. The van der Waals surface area contributed by atoms with E-state index in [4.69, 9.17) is 4.74 Å². The Kier molecular flexibility index (Phi) is 4.59. The van der Waals surface area contributed by atoms with E-state index < -0.39 is 0 Å². The molecule has 0 atom stereocenters. The molecule has 0 saturated heterocycles. The molecular formula is C18H15N3O2. The highest BCUT2D eigenvalue weighted by molar-refractivity contribution is 5.88. The highest BCUT2D eigenvalue weighted by atomic mass is 16.5. The molecule has 0 unspecified atom stereocenters. The van der Waals surface area contributed by atoms with Gasteiger partial charge >= 0.3 is 0 Å². The fourth-order valence-electron chi connectivity index (χ4n) is 2.13. The Morgan fingerprint density at radius 2 is 2.00 bits per heavy atom. The number of nitrogens with one attached hydrogen (secondary N) is 1. The predicted molar refractivity (Wildman–Crippen MR) is 89.4 cm³/mol. The number of rotatable bonds is 5. The van der Waals surface area contributed by atoms with Crippen LogP contribution in [-0.4, -0.2) is 23.7 Å². The first-order valence-corrected chi connectivity index (χ1v) is 7.15. The number of ether oxygens (including phenoxy) is 1. The van der Waals surface area contributed by atoms with E-state index in [0.717, 1.165) is 16.3 Å². The van der Waals surface area contributed by atoms with Gasteiger partial charge in [0.1, 0.15) is 5.75 Å². The molecule has 3 aromatic rings. The number of nitrogens with zero attached hydrogens (tertiary/aromatic N) is 2. The summed E-state index contributed by atoms with van der Waals surface area (Å²) in [6.45, 7) is -0.0988. The van der Waals surface area contributed by atoms with Gasteiger partial charge in [0, 0.05) is 23.3 Å². The molecule has 0 fully saturated rings. The molecule has 0 aliphatic heterocycles. The summed E-state index contributed by atoms with van der Waals surface area (Å²) in [7, 11) is 0. The molecule has 23 heavy (non-hydrogen) atoms. The van der Waals surface area contributed by atoms with Gasteiger partial charge in [0.2, 0.25) is 0 Å². The van der Waals surface area contributed by atoms with E-state index in [0.29, 0.717) is 5.75 Å². The molecule has 5 nitrogen and oxygen atoms in total. The maximum absolute atomic E-state index is 11.8. The smallest absolute Gasteiger partial charge is 0.277 e. The van der Waals surface area contributed by atoms with E-state index in [1.165, 1.54) is 6.21 Å². The summed E-state index contributed by atoms with van der Waals surface area (Å²) in [6.07, 6.45) is 4.86. The average Bonchev–Trinajstić information content (AvgIpc) is 2.61. The molecule has 1 N–H and O–H groups in total. The molecule has 114 valence electrons. The highest BCUT2D eigenvalue weighted by Crippen LogP contribution is 2.24. The summed E-state index contributed by atoms with van der Waals surface area (Å²) in [6, 6.07) is 17.2. The number of hydrogen-bond acceptors (Lipinski definition) is 4. The molecule has 0 bridgehead atoms. The van der Waals surface area contributed by atoms with Crippen LogP contribution in [0.4, 0.5) is 0 Å². The molecule has 0 saturated carbocycles. The quantitative estimate of drug-likeness (QED) is 0.582. The van der Waals surface area contributed by atoms with E-state index in [1.807, 2.05) is 48.5 Å². The number of pyridine rings is 1. The highest BCUT2D eigenvalue weighted by Gasteiger charge is 2.04. The molecule has 0 radical (unpaired) electrons. The van der Waals surface area contributed by atoms with Gasteiger partial charge in [-0.25, -0.2) is 5.43 Å². The van der Waals surface area contributed by atoms with Crippen molar-refractivity contribution >= 4 is 22.9 Å². The average molecular weight is 305 g/mol. The van der Waals surface area contributed by atoms with E-state index in [1.54, 1.807) is 18.5 Å². The van der Waals surface area contributed by atoms with Gasteiger partial charge < -0.3 is 4.74 Å². The SMILES string of the molecule is O=C(COc1cccc2ccccc12)NN=Cc1cccnc1. The van der Waals surface area contributed by atoms with Crippen molar-refractivity contribution in [3.05, 3.63) is 72.6 Å². The zero-order chi connectivity index (χ0) is 15.9. The number of carbonyl (C=O) groups is 1. The zero-order valence-corrected chi connectivity index (χ0v) is 12.3. The third-order valence-corrected chi connectivity index (χ3v) is 3.20. The second-order valence-corrected chi connectivity index (χ2v) is 4.85. The largest absolute Gasteiger partial charge is 0.483 e. The van der Waals surface area contributed by atoms with Gasteiger partial charge in [-0.2, -0.15) is 5.10 Å². The lowest BCUT2D eigenvalue weighted by atomic mass is 10.1. The first kappa shape index (κ1) is 14.7. The fraction of sp³-hybridized carbons (Fsp3) is 0.0556. The standard InChI is InChI=1S/C18H15N3O2/c22-18(21-20-12-14-5-4-10-19-11-14)13-23-17-9-3-7-15-6-1-2-8-16(15)17/h1-12H,13H2,(H,21,22). The summed E-state index contributed by atoms with van der Waals surface area (Å²) in [5, 5.41) is 5.91. The van der Waals surface area contributed by atoms with Crippen LogP contribution in [-0.2, 0) is 4.79 Å². The maximum Gasteiger partial charge on any atom is 0.277 e. The van der Waals surface area contributed by atoms with Crippen molar-refractivity contribution in [2.24, 2.45) is 5.10 Å². The van der Waals surface area contributed by atoms with Gasteiger partial charge in [-0.05, 0) is 17.5 Å². The summed E-state index contributed by atoms with van der Waals surface area (Å²) < 4.78 is 5.59. The number of fused-ring (bicyclic) bond motifs is 1. The van der Waals surface area contributed by atoms with E-state index in [9.17, 15) is 4.79 Å². The lowest BCUT2D eigenvalue weighted by Gasteiger charge is -2.08. The van der Waals surface area contributed by atoms with Crippen molar-refractivity contribution in [2.45, 2.75) is 0 Å². The van der Waals surface area contributed by atoms with Crippen molar-refractivity contribution in [3.63, 3.8) is 0 Å². The van der Waals surface area contributed by atoms with Crippen molar-refractivity contribution < 1.29 is 9.53 Å². The first-order chi connectivity index (χ1) is 11.3. The van der Waals surface area contributed by atoms with Crippen LogP contribution in [0.1, 0.15) is 5.56 Å². The Morgan fingerprint density at radius 3 is 2.87 bits per heavy atom. The summed E-state index contributed by atoms with van der Waals surface area (Å²) in [4.78, 5) is 15.7. The molecule has 3 rings (SSSR count). The lowest BCUT2D eigenvalue weighted by Crippen LogP contribution is -2.24. The molecular weight excluding hydrogens is 290 g/mol. The second kappa shape index (κ2) is 7.17. The fourth-order valence-corrected chi connectivity index (χ4v) is 2.13. The summed E-state index contributed by atoms with van der Waals surface area (Å²) in [5.41, 5.74) is 3.24. The van der Waals surface area contributed by atoms with Crippen LogP contribution in [0.2, 0.25) is 0 Å². The molecule has 1 amide bonds. The van der Waals surface area contributed by atoms with E-state index >= 15 is 0 Å². The number of hydrogen-bond donors (Lipinski definition) is 1. The van der Waals surface area contributed by atoms with Crippen molar-refractivity contribution in [1.29, 1.82) is 0 Å². The normalized spacial score (nSPS) is 10.8. The lowest BCUT2D eigenvalue weighted by molar-refractivity contribution is -0.123. The van der Waals surface area contributed by atoms with Crippen LogP contribution in [0.25, 0.3) is 10.8 Å². The Hall–Kier alpha value is -3.21. The van der Waals surface area contributed by atoms with Crippen LogP contribution in [0.3, 0.4) is 0 Å². The predicted octanol–water partition coefficient (Wildman–Crippen LogP) is 2.76. The molecule has 0 aliphatic rings. The van der Waals surface area contributed by atoms with Gasteiger partial charge in [-0.3, -0.25) is 9.78 Å². The molecule has 1 aromatic heterocycles. The minimum absolute atomic E-state index is 0.0988. The monoisotopic (exact) mass is 305 g/mol. The van der Waals surface area contributed by atoms with Gasteiger partial charge in [-0.1, -0.05) is 42.5 Å². The van der Waals surface area contributed by atoms with Gasteiger partial charge in [0.05, 0.1) is 6.21 Å². The van der Waals surface area contributed by atoms with Crippen molar-refractivity contribution in [2.75, 3.05) is 6.61 Å². The van der Waals surface area contributed by atoms with Crippen LogP contribution >= 0.6 is 0 Å². The van der Waals surface area contributed by atoms with E-state index in [-0.39, 0.29) is 12.5 Å². The van der Waals surface area contributed by atoms with Crippen LogP contribution in [0.5, 0.6) is 5.75 Å². The minimum atomic E-state index is -0.321. The maximum atomic E-state index is 11.8. The van der Waals surface area contributed by atoms with Gasteiger partial charge in [-0.15, -0.1) is 0 Å². The van der Waals surface area contributed by atoms with Gasteiger partial charge in [0.25, 0.3) is 5.91 Å². The van der Waals surface area contributed by atoms with E-state index in [2.05, 4.69) is 15.5 Å². The molecule has 0 aliphatic carbocycles. The molecule has 1 heterocycles. The van der Waals surface area contributed by atoms with Crippen LogP contribution in [0.15, 0.2) is 72.1 Å². The van der Waals surface area contributed by atoms with Gasteiger partial charge in [0.15, 0.2) is 6.61 Å². The minimum Gasteiger partial charge on any atom is -0.483 e. The number of hydrazone groups is 1. The Labute approximate surface area is 133 Å². The Morgan fingerprint density at radius 1 is 1.13 bits per heavy atom. The summed E-state index contributed by atoms with van der Waals surface area (Å²) >= 11 is 0. The number of amides is 1. The third-order valence-electron chi connectivity index (χ3n) is 3.20.